The van der Waals surface area contributed by atoms with Crippen LogP contribution in [0, 0.1) is 0 Å². The topological polar surface area (TPSA) is 96.3 Å². The zero-order valence-electron chi connectivity index (χ0n) is 15.9. The Bertz CT molecular complexity index is 945. The first-order chi connectivity index (χ1) is 13.6. The number of likely N-dealkylation sites (tertiary alicyclic amines) is 1. The van der Waals surface area contributed by atoms with Crippen molar-refractivity contribution in [2.75, 3.05) is 25.5 Å². The molecule has 28 heavy (non-hydrogen) atoms. The fourth-order valence-corrected chi connectivity index (χ4v) is 3.66. The van der Waals surface area contributed by atoms with Crippen molar-refractivity contribution in [1.29, 1.82) is 0 Å². The van der Waals surface area contributed by atoms with E-state index in [-0.39, 0.29) is 5.91 Å². The van der Waals surface area contributed by atoms with Gasteiger partial charge in [-0.05, 0) is 48.7 Å². The number of amides is 1. The first-order valence-corrected chi connectivity index (χ1v) is 9.52. The van der Waals surface area contributed by atoms with Crippen LogP contribution < -0.4 is 15.8 Å². The molecule has 1 aromatic heterocycles. The third-order valence-corrected chi connectivity index (χ3v) is 5.36. The Morgan fingerprint density at radius 1 is 1.25 bits per heavy atom. The Hall–Kier alpha value is -3.06. The van der Waals surface area contributed by atoms with Crippen LogP contribution in [0.5, 0.6) is 5.75 Å². The minimum atomic E-state index is -0.640. The molecule has 2 heterocycles. The maximum absolute atomic E-state index is 12.8. The van der Waals surface area contributed by atoms with Crippen LogP contribution in [0.25, 0.3) is 10.9 Å². The molecule has 1 saturated heterocycles. The van der Waals surface area contributed by atoms with E-state index < -0.39 is 6.04 Å². The number of ether oxygens (including phenoxy) is 1. The van der Waals surface area contributed by atoms with Gasteiger partial charge < -0.3 is 20.7 Å². The van der Waals surface area contributed by atoms with Gasteiger partial charge in [-0.2, -0.15) is 5.10 Å². The summed E-state index contributed by atoms with van der Waals surface area (Å²) in [6, 6.07) is 13.2. The van der Waals surface area contributed by atoms with Gasteiger partial charge in [0.15, 0.2) is 0 Å². The quantitative estimate of drug-likeness (QED) is 0.633. The summed E-state index contributed by atoms with van der Waals surface area (Å²) in [6.45, 7) is 1.41. The van der Waals surface area contributed by atoms with Gasteiger partial charge in [-0.3, -0.25) is 9.89 Å². The number of carbonyl (C=O) groups excluding carboxylic acids is 1. The number of benzene rings is 2. The molecule has 3 aromatic rings. The summed E-state index contributed by atoms with van der Waals surface area (Å²) in [7, 11) is 1.62. The standard InChI is InChI=1S/C21H25N5O2/c1-28-18-5-2-14(3-6-18)20(22)21(27)26-10-8-16(9-11-26)24-17-4-7-19-15(12-17)13-23-25-19/h2-7,12-13,16,20,24H,8-11,22H2,1H3,(H,23,25). The minimum absolute atomic E-state index is 0.0246. The van der Waals surface area contributed by atoms with Crippen molar-refractivity contribution in [3.05, 3.63) is 54.2 Å². The van der Waals surface area contributed by atoms with Crippen molar-refractivity contribution in [3.63, 3.8) is 0 Å². The minimum Gasteiger partial charge on any atom is -0.497 e. The fraction of sp³-hybridized carbons (Fsp3) is 0.333. The number of nitrogens with one attached hydrogen (secondary N) is 2. The summed E-state index contributed by atoms with van der Waals surface area (Å²) in [5.74, 6) is 0.729. The lowest BCUT2D eigenvalue weighted by atomic mass is 10.0. The van der Waals surface area contributed by atoms with Gasteiger partial charge in [-0.25, -0.2) is 0 Å². The van der Waals surface area contributed by atoms with Gasteiger partial charge >= 0.3 is 0 Å². The number of carbonyl (C=O) groups is 1. The predicted octanol–water partition coefficient (Wildman–Crippen LogP) is 2.67. The highest BCUT2D eigenvalue weighted by molar-refractivity contribution is 5.83. The molecule has 1 aliphatic heterocycles. The molecule has 1 fully saturated rings. The predicted molar refractivity (Wildman–Crippen MR) is 109 cm³/mol. The molecule has 1 atom stereocenters. The average molecular weight is 379 g/mol. The van der Waals surface area contributed by atoms with E-state index in [4.69, 9.17) is 10.5 Å². The molecule has 0 radical (unpaired) electrons. The molecule has 0 aliphatic carbocycles. The van der Waals surface area contributed by atoms with Crippen LogP contribution >= 0.6 is 0 Å². The normalized spacial score (nSPS) is 16.1. The second kappa shape index (κ2) is 7.90. The number of H-pyrrole nitrogens is 1. The molecule has 4 N–H and O–H groups in total. The highest BCUT2D eigenvalue weighted by Gasteiger charge is 2.27. The molecule has 0 spiro atoms. The Kier molecular flexibility index (Phi) is 5.16. The van der Waals surface area contributed by atoms with Crippen molar-refractivity contribution >= 4 is 22.5 Å². The monoisotopic (exact) mass is 379 g/mol. The first-order valence-electron chi connectivity index (χ1n) is 9.52. The number of hydrogen-bond donors (Lipinski definition) is 3. The third kappa shape index (κ3) is 3.80. The number of nitrogens with two attached hydrogens (primary N) is 1. The van der Waals surface area contributed by atoms with Gasteiger partial charge in [0.25, 0.3) is 0 Å². The summed E-state index contributed by atoms with van der Waals surface area (Å²) in [6.07, 6.45) is 3.61. The van der Waals surface area contributed by atoms with Crippen molar-refractivity contribution in [2.45, 2.75) is 24.9 Å². The van der Waals surface area contributed by atoms with Crippen LogP contribution in [0.15, 0.2) is 48.7 Å². The zero-order chi connectivity index (χ0) is 19.5. The second-order valence-corrected chi connectivity index (χ2v) is 7.17. The number of anilines is 1. The maximum Gasteiger partial charge on any atom is 0.244 e. The number of aromatic nitrogens is 2. The van der Waals surface area contributed by atoms with Gasteiger partial charge in [-0.1, -0.05) is 12.1 Å². The van der Waals surface area contributed by atoms with Crippen molar-refractivity contribution < 1.29 is 9.53 Å². The smallest absolute Gasteiger partial charge is 0.244 e. The number of piperidine rings is 1. The van der Waals surface area contributed by atoms with Gasteiger partial charge in [0.05, 0.1) is 18.8 Å². The molecule has 4 rings (SSSR count). The van der Waals surface area contributed by atoms with Gasteiger partial charge in [0.2, 0.25) is 5.91 Å². The van der Waals surface area contributed by atoms with E-state index in [0.717, 1.165) is 40.7 Å². The molecule has 1 aliphatic rings. The highest BCUT2D eigenvalue weighted by atomic mass is 16.5. The van der Waals surface area contributed by atoms with Crippen molar-refractivity contribution in [1.82, 2.24) is 15.1 Å². The highest BCUT2D eigenvalue weighted by Crippen LogP contribution is 2.23. The van der Waals surface area contributed by atoms with Crippen LogP contribution in [-0.2, 0) is 4.79 Å². The van der Waals surface area contributed by atoms with Crippen LogP contribution in [0.2, 0.25) is 0 Å². The van der Waals surface area contributed by atoms with Crippen LogP contribution in [0.1, 0.15) is 24.4 Å². The Morgan fingerprint density at radius 2 is 2.00 bits per heavy atom. The van der Waals surface area contributed by atoms with Crippen molar-refractivity contribution in [3.8, 4) is 5.75 Å². The number of fused-ring (bicyclic) bond motifs is 1. The summed E-state index contributed by atoms with van der Waals surface area (Å²) < 4.78 is 5.16. The summed E-state index contributed by atoms with van der Waals surface area (Å²) in [5, 5.41) is 11.7. The molecular weight excluding hydrogens is 354 g/mol. The number of hydrogen-bond acceptors (Lipinski definition) is 5. The van der Waals surface area contributed by atoms with Gasteiger partial charge in [-0.15, -0.1) is 0 Å². The second-order valence-electron chi connectivity index (χ2n) is 7.17. The van der Waals surface area contributed by atoms with E-state index in [2.05, 4.69) is 27.6 Å². The maximum atomic E-state index is 12.8. The van der Waals surface area contributed by atoms with E-state index in [9.17, 15) is 4.79 Å². The molecular formula is C21H25N5O2. The first kappa shape index (κ1) is 18.3. The van der Waals surface area contributed by atoms with Gasteiger partial charge in [0.1, 0.15) is 11.8 Å². The molecule has 146 valence electrons. The largest absolute Gasteiger partial charge is 0.497 e. The Balaban J connectivity index is 1.33. The summed E-state index contributed by atoms with van der Waals surface area (Å²) in [5.41, 5.74) is 9.11. The molecule has 1 unspecified atom stereocenters. The Labute approximate surface area is 163 Å². The number of aromatic amines is 1. The lowest BCUT2D eigenvalue weighted by Gasteiger charge is -2.34. The lowest BCUT2D eigenvalue weighted by molar-refractivity contribution is -0.133. The molecule has 1 amide bonds. The van der Waals surface area contributed by atoms with E-state index in [1.165, 1.54) is 0 Å². The van der Waals surface area contributed by atoms with E-state index >= 15 is 0 Å². The lowest BCUT2D eigenvalue weighted by Crippen LogP contribution is -2.45. The molecule has 0 bridgehead atoms. The fourth-order valence-electron chi connectivity index (χ4n) is 3.66. The van der Waals surface area contributed by atoms with E-state index in [1.54, 1.807) is 7.11 Å². The van der Waals surface area contributed by atoms with Crippen LogP contribution in [0.4, 0.5) is 5.69 Å². The zero-order valence-corrected chi connectivity index (χ0v) is 15.9. The van der Waals surface area contributed by atoms with Gasteiger partial charge in [0, 0.05) is 30.2 Å². The van der Waals surface area contributed by atoms with E-state index in [0.29, 0.717) is 19.1 Å². The third-order valence-electron chi connectivity index (χ3n) is 5.36. The average Bonchev–Trinajstić information content (AvgIpc) is 3.21. The number of nitrogens with zero attached hydrogens (tertiary/aromatic N) is 2. The SMILES string of the molecule is COc1ccc(C(N)C(=O)N2CCC(Nc3ccc4[nH]ncc4c3)CC2)cc1. The molecule has 2 aromatic carbocycles. The van der Waals surface area contributed by atoms with Crippen molar-refractivity contribution in [2.24, 2.45) is 5.73 Å². The summed E-state index contributed by atoms with van der Waals surface area (Å²) >= 11 is 0. The molecule has 0 saturated carbocycles. The molecule has 7 heteroatoms. The van der Waals surface area contributed by atoms with E-state index in [1.807, 2.05) is 41.4 Å². The molecule has 7 nitrogen and oxygen atoms in total. The van der Waals surface area contributed by atoms with Crippen LogP contribution in [0.3, 0.4) is 0 Å². The summed E-state index contributed by atoms with van der Waals surface area (Å²) in [4.78, 5) is 14.6. The Morgan fingerprint density at radius 3 is 2.71 bits per heavy atom. The number of rotatable bonds is 5. The number of methoxy groups -OCH3 is 1. The van der Waals surface area contributed by atoms with Crippen LogP contribution in [-0.4, -0.2) is 47.2 Å².